The highest BCUT2D eigenvalue weighted by Crippen LogP contribution is 2.16. The van der Waals surface area contributed by atoms with E-state index in [1.54, 1.807) is 13.1 Å². The number of aliphatic imine (C=N–C) groups is 1. The zero-order valence-corrected chi connectivity index (χ0v) is 10.7. The Morgan fingerprint density at radius 1 is 1.58 bits per heavy atom. The molecule has 3 N–H and O–H groups in total. The first-order valence-corrected chi connectivity index (χ1v) is 5.65. The Labute approximate surface area is 109 Å². The van der Waals surface area contributed by atoms with E-state index < -0.39 is 5.83 Å². The Kier molecular flexibility index (Phi) is 3.41. The predicted molar refractivity (Wildman–Crippen MR) is 73.4 cm³/mol. The number of pyridine rings is 1. The molecule has 2 heterocycles. The summed E-state index contributed by atoms with van der Waals surface area (Å²) in [6.07, 6.45) is 2.77. The Balaban J connectivity index is 2.44. The van der Waals surface area contributed by atoms with Crippen LogP contribution in [-0.4, -0.2) is 20.9 Å². The van der Waals surface area contributed by atoms with E-state index in [9.17, 15) is 4.39 Å². The molecule has 6 heteroatoms. The van der Waals surface area contributed by atoms with Gasteiger partial charge in [-0.15, -0.1) is 0 Å². The number of aromatic nitrogens is 3. The van der Waals surface area contributed by atoms with Gasteiger partial charge in [0.05, 0.1) is 17.6 Å². The van der Waals surface area contributed by atoms with Gasteiger partial charge in [-0.05, 0) is 25.5 Å². The fourth-order valence-electron chi connectivity index (χ4n) is 1.58. The molecule has 0 saturated heterocycles. The number of H-pyrrole nitrogens is 1. The van der Waals surface area contributed by atoms with Crippen LogP contribution in [0.2, 0.25) is 0 Å². The zero-order valence-electron chi connectivity index (χ0n) is 10.7. The van der Waals surface area contributed by atoms with Gasteiger partial charge in [0.25, 0.3) is 0 Å². The van der Waals surface area contributed by atoms with Gasteiger partial charge in [-0.25, -0.2) is 9.37 Å². The average Bonchev–Trinajstić information content (AvgIpc) is 2.78. The third-order valence-electron chi connectivity index (χ3n) is 2.57. The molecule has 0 unspecified atom stereocenters. The average molecular weight is 259 g/mol. The summed E-state index contributed by atoms with van der Waals surface area (Å²) in [5.74, 6) is -0.659. The summed E-state index contributed by atoms with van der Waals surface area (Å²) in [4.78, 5) is 8.21. The fourth-order valence-corrected chi connectivity index (χ4v) is 1.58. The number of aryl methyl sites for hydroxylation is 1. The third kappa shape index (κ3) is 2.67. The lowest BCUT2D eigenvalue weighted by Crippen LogP contribution is -1.97. The first-order chi connectivity index (χ1) is 8.99. The van der Waals surface area contributed by atoms with Gasteiger partial charge in [0.1, 0.15) is 5.69 Å². The lowest BCUT2D eigenvalue weighted by atomic mass is 10.2. The predicted octanol–water partition coefficient (Wildman–Crippen LogP) is 2.36. The maximum atomic E-state index is 13.2. The number of rotatable bonds is 3. The minimum atomic E-state index is -0.659. The van der Waals surface area contributed by atoms with Gasteiger partial charge in [0.15, 0.2) is 11.5 Å². The van der Waals surface area contributed by atoms with Crippen molar-refractivity contribution in [3.63, 3.8) is 0 Å². The van der Waals surface area contributed by atoms with Gasteiger partial charge in [-0.3, -0.25) is 10.1 Å². The Hall–Kier alpha value is -2.50. The second-order valence-corrected chi connectivity index (χ2v) is 4.20. The van der Waals surface area contributed by atoms with E-state index in [1.807, 2.05) is 13.0 Å². The quantitative estimate of drug-likeness (QED) is 0.656. The molecule has 19 heavy (non-hydrogen) atoms. The molecule has 0 amide bonds. The van der Waals surface area contributed by atoms with Crippen molar-refractivity contribution in [2.75, 3.05) is 0 Å². The van der Waals surface area contributed by atoms with Gasteiger partial charge < -0.3 is 5.73 Å². The van der Waals surface area contributed by atoms with Crippen molar-refractivity contribution in [3.05, 3.63) is 47.8 Å². The maximum absolute atomic E-state index is 13.2. The molecule has 0 spiro atoms. The van der Waals surface area contributed by atoms with Crippen LogP contribution in [0, 0.1) is 6.92 Å². The minimum absolute atomic E-state index is 0.152. The van der Waals surface area contributed by atoms with Crippen LogP contribution in [-0.2, 0) is 0 Å². The summed E-state index contributed by atoms with van der Waals surface area (Å²) in [6, 6.07) is 1.95. The Bertz CT molecular complexity index is 696. The van der Waals surface area contributed by atoms with Crippen molar-refractivity contribution in [1.29, 1.82) is 0 Å². The van der Waals surface area contributed by atoms with Crippen molar-refractivity contribution < 1.29 is 4.39 Å². The maximum Gasteiger partial charge on any atom is 0.163 e. The SMILES string of the molecule is C=C(N)/C(F)=C\N=C(/C)c1n[nH]c2ncc(C)cc12. The highest BCUT2D eigenvalue weighted by atomic mass is 19.1. The molecule has 0 atom stereocenters. The normalized spacial score (nSPS) is 13.0. The number of allylic oxidation sites excluding steroid dienone is 1. The summed E-state index contributed by atoms with van der Waals surface area (Å²) in [7, 11) is 0. The molecule has 0 bridgehead atoms. The molecule has 0 aliphatic carbocycles. The van der Waals surface area contributed by atoms with E-state index in [-0.39, 0.29) is 5.70 Å². The number of nitrogens with one attached hydrogen (secondary N) is 1. The molecule has 2 rings (SSSR count). The van der Waals surface area contributed by atoms with Gasteiger partial charge in [0, 0.05) is 11.6 Å². The number of nitrogens with zero attached hydrogens (tertiary/aromatic N) is 3. The zero-order chi connectivity index (χ0) is 14.0. The van der Waals surface area contributed by atoms with E-state index >= 15 is 0 Å². The van der Waals surface area contributed by atoms with Gasteiger partial charge >= 0.3 is 0 Å². The third-order valence-corrected chi connectivity index (χ3v) is 2.57. The highest BCUT2D eigenvalue weighted by molar-refractivity contribution is 6.07. The van der Waals surface area contributed by atoms with Crippen LogP contribution in [0.15, 0.2) is 41.6 Å². The van der Waals surface area contributed by atoms with Crippen LogP contribution in [0.1, 0.15) is 18.2 Å². The van der Waals surface area contributed by atoms with Gasteiger partial charge in [0.2, 0.25) is 0 Å². The monoisotopic (exact) mass is 259 g/mol. The number of nitrogens with two attached hydrogens (primary N) is 1. The van der Waals surface area contributed by atoms with Gasteiger partial charge in [-0.2, -0.15) is 5.10 Å². The Morgan fingerprint density at radius 3 is 3.00 bits per heavy atom. The molecule has 0 aliphatic heterocycles. The lowest BCUT2D eigenvalue weighted by Gasteiger charge is -1.97. The van der Waals surface area contributed by atoms with Crippen LogP contribution < -0.4 is 5.73 Å². The Morgan fingerprint density at radius 2 is 2.32 bits per heavy atom. The number of aromatic amines is 1. The summed E-state index contributed by atoms with van der Waals surface area (Å²) in [5.41, 5.74) is 7.95. The number of hydrogen-bond donors (Lipinski definition) is 2. The molecule has 98 valence electrons. The first-order valence-electron chi connectivity index (χ1n) is 5.65. The van der Waals surface area contributed by atoms with Crippen LogP contribution in [0.4, 0.5) is 4.39 Å². The summed E-state index contributed by atoms with van der Waals surface area (Å²) >= 11 is 0. The second-order valence-electron chi connectivity index (χ2n) is 4.20. The molecule has 0 fully saturated rings. The molecule has 2 aromatic rings. The molecule has 0 saturated carbocycles. The largest absolute Gasteiger partial charge is 0.397 e. The van der Waals surface area contributed by atoms with Crippen molar-refractivity contribution >= 4 is 16.7 Å². The van der Waals surface area contributed by atoms with E-state index in [0.29, 0.717) is 17.1 Å². The lowest BCUT2D eigenvalue weighted by molar-refractivity contribution is 0.646. The number of halogens is 1. The highest BCUT2D eigenvalue weighted by Gasteiger charge is 2.09. The van der Waals surface area contributed by atoms with E-state index in [1.165, 1.54) is 0 Å². The molecule has 0 aliphatic rings. The molecule has 2 aromatic heterocycles. The molecule has 0 aromatic carbocycles. The molecule has 5 nitrogen and oxygen atoms in total. The van der Waals surface area contributed by atoms with Crippen LogP contribution >= 0.6 is 0 Å². The van der Waals surface area contributed by atoms with E-state index in [2.05, 4.69) is 26.8 Å². The van der Waals surface area contributed by atoms with Crippen molar-refractivity contribution in [2.45, 2.75) is 13.8 Å². The summed E-state index contributed by atoms with van der Waals surface area (Å²) in [5, 5.41) is 7.79. The number of hydrogen-bond acceptors (Lipinski definition) is 4. The first kappa shape index (κ1) is 12.9. The van der Waals surface area contributed by atoms with E-state index in [4.69, 9.17) is 5.73 Å². The smallest absolute Gasteiger partial charge is 0.163 e. The minimum Gasteiger partial charge on any atom is -0.397 e. The van der Waals surface area contributed by atoms with Crippen molar-refractivity contribution in [2.24, 2.45) is 10.7 Å². The molecular weight excluding hydrogens is 245 g/mol. The molecule has 0 radical (unpaired) electrons. The summed E-state index contributed by atoms with van der Waals surface area (Å²) in [6.45, 7) is 6.97. The van der Waals surface area contributed by atoms with Crippen LogP contribution in [0.3, 0.4) is 0 Å². The van der Waals surface area contributed by atoms with Crippen molar-refractivity contribution in [3.8, 4) is 0 Å². The van der Waals surface area contributed by atoms with Crippen LogP contribution in [0.5, 0.6) is 0 Å². The fraction of sp³-hybridized carbons (Fsp3) is 0.154. The molecular formula is C13H14FN5. The van der Waals surface area contributed by atoms with Crippen LogP contribution in [0.25, 0.3) is 11.0 Å². The summed E-state index contributed by atoms with van der Waals surface area (Å²) < 4.78 is 13.2. The second kappa shape index (κ2) is 5.01. The number of fused-ring (bicyclic) bond motifs is 1. The topological polar surface area (TPSA) is 80.0 Å². The van der Waals surface area contributed by atoms with Gasteiger partial charge in [-0.1, -0.05) is 6.58 Å². The van der Waals surface area contributed by atoms with E-state index in [0.717, 1.165) is 17.1 Å². The standard InChI is InChI=1S/C13H14FN5/c1-7-4-10-12(18-19-13(10)17-5-7)9(3)16-6-11(14)8(2)15/h4-6H,2,15H2,1,3H3,(H,17,18,19)/b11-6+,16-9+. The van der Waals surface area contributed by atoms with Crippen molar-refractivity contribution in [1.82, 2.24) is 15.2 Å².